The topological polar surface area (TPSA) is 95.6 Å². The molecule has 3 heterocycles. The van der Waals surface area contributed by atoms with Crippen LogP contribution in [0.4, 0.5) is 0 Å². The molecule has 114 valence electrons. The van der Waals surface area contributed by atoms with Gasteiger partial charge in [-0.05, 0) is 41.6 Å². The first-order valence-corrected chi connectivity index (χ1v) is 7.48. The molecule has 2 aromatic heterocycles. The Balaban J connectivity index is 0.000000202. The summed E-state index contributed by atoms with van der Waals surface area (Å²) in [6.07, 6.45) is 4.36. The van der Waals surface area contributed by atoms with Crippen LogP contribution in [0.15, 0.2) is 36.4 Å². The van der Waals surface area contributed by atoms with Gasteiger partial charge in [0.1, 0.15) is 0 Å². The minimum Gasteiger partial charge on any atom is -0.858 e. The second-order valence-electron chi connectivity index (χ2n) is 5.16. The van der Waals surface area contributed by atoms with E-state index < -0.39 is 0 Å². The van der Waals surface area contributed by atoms with Crippen molar-refractivity contribution >= 4 is 5.78 Å². The molecule has 0 aliphatic carbocycles. The van der Waals surface area contributed by atoms with E-state index in [1.54, 1.807) is 0 Å². The van der Waals surface area contributed by atoms with E-state index in [0.717, 1.165) is 10.1 Å². The number of benzene rings is 1. The van der Waals surface area contributed by atoms with E-state index >= 15 is 0 Å². The van der Waals surface area contributed by atoms with Crippen molar-refractivity contribution in [1.29, 1.82) is 0 Å². The fraction of sp³-hybridized carbons (Fsp3) is 0.333. The van der Waals surface area contributed by atoms with Gasteiger partial charge in [-0.2, -0.15) is 4.52 Å². The Morgan fingerprint density at radius 3 is 2.45 bits per heavy atom. The lowest BCUT2D eigenvalue weighted by Gasteiger charge is -2.08. The van der Waals surface area contributed by atoms with E-state index in [1.165, 1.54) is 38.4 Å². The summed E-state index contributed by atoms with van der Waals surface area (Å²) in [5, 5.41) is 24.6. The molecule has 1 saturated heterocycles. The van der Waals surface area contributed by atoms with Gasteiger partial charge in [-0.25, -0.2) is 4.98 Å². The molecule has 0 radical (unpaired) electrons. The molecule has 1 fully saturated rings. The molecule has 0 amide bonds. The van der Waals surface area contributed by atoms with Crippen molar-refractivity contribution in [2.24, 2.45) is 0 Å². The zero-order valence-corrected chi connectivity index (χ0v) is 12.2. The molecule has 4 rings (SSSR count). The third-order valence-corrected chi connectivity index (χ3v) is 3.53. The van der Waals surface area contributed by atoms with Crippen LogP contribution in [0.1, 0.15) is 19.3 Å². The highest BCUT2D eigenvalue weighted by Gasteiger charge is 2.04. The Morgan fingerprint density at radius 2 is 1.82 bits per heavy atom. The highest BCUT2D eigenvalue weighted by Crippen LogP contribution is 2.19. The molecular formula is C15H18N6O. The van der Waals surface area contributed by atoms with Gasteiger partial charge in [0, 0.05) is 5.56 Å². The molecule has 7 nitrogen and oxygen atoms in total. The predicted molar refractivity (Wildman–Crippen MR) is 79.0 cm³/mol. The van der Waals surface area contributed by atoms with Crippen LogP contribution in [0.3, 0.4) is 0 Å². The molecule has 0 bridgehead atoms. The molecule has 7 heteroatoms. The maximum Gasteiger partial charge on any atom is 0.273 e. The van der Waals surface area contributed by atoms with Gasteiger partial charge in [0.25, 0.3) is 5.78 Å². The molecule has 1 aliphatic rings. The third kappa shape index (κ3) is 3.37. The van der Waals surface area contributed by atoms with Gasteiger partial charge in [-0.3, -0.25) is 0 Å². The van der Waals surface area contributed by atoms with Crippen LogP contribution in [-0.4, -0.2) is 38.1 Å². The third-order valence-electron chi connectivity index (χ3n) is 3.53. The molecule has 0 saturated carbocycles. The number of tetrazole rings is 1. The summed E-state index contributed by atoms with van der Waals surface area (Å²) in [5.41, 5.74) is 1.44. The van der Waals surface area contributed by atoms with Crippen molar-refractivity contribution in [3.63, 3.8) is 0 Å². The van der Waals surface area contributed by atoms with Gasteiger partial charge in [0.2, 0.25) is 0 Å². The standard InChI is InChI=1S/C10H7N5O.C5H11N/c16-9-6-8(7-4-2-1-3-5-7)11-10-12-13-14-15(9)10;1-2-4-6-5-3-1/h1-6,16H;6H,1-5H2. The van der Waals surface area contributed by atoms with Crippen LogP contribution in [-0.2, 0) is 0 Å². The summed E-state index contributed by atoms with van der Waals surface area (Å²) in [6.45, 7) is 2.75. The van der Waals surface area contributed by atoms with E-state index in [-0.39, 0.29) is 11.7 Å². The van der Waals surface area contributed by atoms with Gasteiger partial charge in [0.05, 0.1) is 18.8 Å². The second-order valence-corrected chi connectivity index (χ2v) is 5.16. The zero-order valence-electron chi connectivity index (χ0n) is 12.2. The van der Waals surface area contributed by atoms with Crippen molar-refractivity contribution in [2.45, 2.75) is 19.3 Å². The second kappa shape index (κ2) is 6.95. The van der Waals surface area contributed by atoms with Gasteiger partial charge in [-0.1, -0.05) is 35.4 Å². The number of hydrogen-bond acceptors (Lipinski definition) is 5. The van der Waals surface area contributed by atoms with Crippen LogP contribution in [0.25, 0.3) is 17.0 Å². The summed E-state index contributed by atoms with van der Waals surface area (Å²) in [5.74, 6) is -0.0693. The van der Waals surface area contributed by atoms with Gasteiger partial charge in [0.15, 0.2) is 0 Å². The summed E-state index contributed by atoms with van der Waals surface area (Å²) < 4.78 is 1.06. The van der Waals surface area contributed by atoms with Crippen molar-refractivity contribution < 1.29 is 10.4 Å². The summed E-state index contributed by atoms with van der Waals surface area (Å²) in [7, 11) is 0. The highest BCUT2D eigenvalue weighted by molar-refractivity contribution is 5.61. The number of fused-ring (bicyclic) bond motifs is 1. The fourth-order valence-electron chi connectivity index (χ4n) is 2.37. The normalized spacial score (nSPS) is 14.4. The fourth-order valence-corrected chi connectivity index (χ4v) is 2.37. The smallest absolute Gasteiger partial charge is 0.273 e. The first-order valence-electron chi connectivity index (χ1n) is 7.48. The van der Waals surface area contributed by atoms with Crippen LogP contribution < -0.4 is 10.4 Å². The Labute approximate surface area is 128 Å². The Hall–Kier alpha value is -2.54. The molecule has 3 aromatic rings. The Morgan fingerprint density at radius 1 is 1.05 bits per heavy atom. The van der Waals surface area contributed by atoms with Crippen LogP contribution in [0.2, 0.25) is 0 Å². The number of aromatic nitrogens is 5. The molecule has 2 N–H and O–H groups in total. The first-order chi connectivity index (χ1) is 10.8. The van der Waals surface area contributed by atoms with E-state index in [9.17, 15) is 5.11 Å². The van der Waals surface area contributed by atoms with Crippen LogP contribution >= 0.6 is 0 Å². The number of hydrogen-bond donors (Lipinski definition) is 1. The molecule has 0 atom stereocenters. The van der Waals surface area contributed by atoms with Gasteiger partial charge < -0.3 is 10.4 Å². The van der Waals surface area contributed by atoms with Crippen LogP contribution in [0, 0.1) is 0 Å². The van der Waals surface area contributed by atoms with Crippen molar-refractivity contribution in [3.8, 4) is 17.1 Å². The van der Waals surface area contributed by atoms with E-state index in [0.29, 0.717) is 5.69 Å². The largest absolute Gasteiger partial charge is 0.858 e. The van der Waals surface area contributed by atoms with Crippen molar-refractivity contribution in [3.05, 3.63) is 36.4 Å². The number of nitrogens with two attached hydrogens (primary N) is 1. The average Bonchev–Trinajstić information content (AvgIpc) is 3.07. The predicted octanol–water partition coefficient (Wildman–Crippen LogP) is -0.00640. The SMILES string of the molecule is C1CC[NH2+]CC1.[O-]c1cc(-c2ccccc2)nc2nnnn12. The quantitative estimate of drug-likeness (QED) is 0.682. The van der Waals surface area contributed by atoms with Gasteiger partial charge >= 0.3 is 0 Å². The molecule has 22 heavy (non-hydrogen) atoms. The van der Waals surface area contributed by atoms with E-state index in [4.69, 9.17) is 0 Å². The Bertz CT molecular complexity index is 712. The lowest BCUT2D eigenvalue weighted by atomic mass is 10.1. The minimum absolute atomic E-state index is 0.214. The maximum atomic E-state index is 11.6. The van der Waals surface area contributed by atoms with Crippen molar-refractivity contribution in [1.82, 2.24) is 25.0 Å². The summed E-state index contributed by atoms with van der Waals surface area (Å²) in [4.78, 5) is 4.19. The molecule has 1 aliphatic heterocycles. The number of piperidine rings is 1. The van der Waals surface area contributed by atoms with Crippen molar-refractivity contribution in [2.75, 3.05) is 13.1 Å². The van der Waals surface area contributed by atoms with E-state index in [2.05, 4.69) is 25.8 Å². The highest BCUT2D eigenvalue weighted by atomic mass is 16.3. The summed E-state index contributed by atoms with van der Waals surface area (Å²) in [6, 6.07) is 10.8. The summed E-state index contributed by atoms with van der Waals surface area (Å²) >= 11 is 0. The lowest BCUT2D eigenvalue weighted by molar-refractivity contribution is -0.662. The van der Waals surface area contributed by atoms with E-state index in [1.807, 2.05) is 30.3 Å². The Kier molecular flexibility index (Phi) is 4.55. The number of nitrogens with zero attached hydrogens (tertiary/aromatic N) is 5. The number of rotatable bonds is 1. The van der Waals surface area contributed by atoms with Crippen LogP contribution in [0.5, 0.6) is 5.88 Å². The average molecular weight is 298 g/mol. The minimum atomic E-state index is -0.283. The molecule has 1 aromatic carbocycles. The molecule has 0 spiro atoms. The maximum absolute atomic E-state index is 11.6. The monoisotopic (exact) mass is 298 g/mol. The number of quaternary nitrogens is 1. The first kappa shape index (κ1) is 14.4. The zero-order chi connectivity index (χ0) is 15.2. The lowest BCUT2D eigenvalue weighted by Crippen LogP contribution is -2.85. The molecular weight excluding hydrogens is 280 g/mol. The molecule has 0 unspecified atom stereocenters. The van der Waals surface area contributed by atoms with Gasteiger partial charge in [-0.15, -0.1) is 0 Å².